The third-order valence-electron chi connectivity index (χ3n) is 2.40. The fourth-order valence-electron chi connectivity index (χ4n) is 1.70. The van der Waals surface area contributed by atoms with Crippen molar-refractivity contribution < 1.29 is 8.24 Å². The van der Waals surface area contributed by atoms with Gasteiger partial charge in [0, 0.05) is 21.5 Å². The van der Waals surface area contributed by atoms with Crippen molar-refractivity contribution in [3.8, 4) is 5.75 Å². The maximum atomic E-state index is 10.8. The molecule has 15 heavy (non-hydrogen) atoms. The van der Waals surface area contributed by atoms with E-state index >= 15 is 0 Å². The number of hydrogen-bond acceptors (Lipinski definition) is 2. The quantitative estimate of drug-likeness (QED) is 0.865. The first-order chi connectivity index (χ1) is 7.27. The number of aryl methyl sites for hydroxylation is 1. The first kappa shape index (κ1) is 10.4. The average Bonchev–Trinajstić information content (AvgIpc) is 2.29. The first-order valence-corrected chi connectivity index (χ1v) is 5.35. The van der Waals surface area contributed by atoms with Crippen LogP contribution in [0.3, 0.4) is 0 Å². The second-order valence-electron chi connectivity index (χ2n) is 3.29. The van der Waals surface area contributed by atoms with Crippen LogP contribution in [0.15, 0.2) is 30.3 Å². The molecule has 0 saturated heterocycles. The van der Waals surface area contributed by atoms with Gasteiger partial charge in [0.2, 0.25) is 0 Å². The summed E-state index contributed by atoms with van der Waals surface area (Å²) in [5.41, 5.74) is 1.67. The lowest BCUT2D eigenvalue weighted by Crippen LogP contribution is -2.55. The van der Waals surface area contributed by atoms with Crippen molar-refractivity contribution in [1.29, 1.82) is 0 Å². The molecule has 2 aromatic carbocycles. The minimum Gasteiger partial charge on any atom is -0.427 e. The molecule has 0 heterocycles. The Hall–Kier alpha value is -1.17. The molecule has 0 saturated carbocycles. The second kappa shape index (κ2) is 4.14. The predicted octanol–water partition coefficient (Wildman–Crippen LogP) is 2.36. The SMILES string of the molecule is Cc1ccc([NH+]=O)c2cccc(OI)c12. The Morgan fingerprint density at radius 1 is 1.27 bits per heavy atom. The number of nitroso groups, excluding NO2 is 1. The van der Waals surface area contributed by atoms with E-state index in [1.165, 1.54) is 0 Å². The molecule has 1 N–H and O–H groups in total. The minimum absolute atomic E-state index is 0.575. The Kier molecular flexibility index (Phi) is 2.86. The fourth-order valence-corrected chi connectivity index (χ4v) is 2.06. The summed E-state index contributed by atoms with van der Waals surface area (Å²) < 4.78 is 5.25. The molecule has 0 fully saturated rings. The Labute approximate surface area is 101 Å². The largest absolute Gasteiger partial charge is 0.427 e. The van der Waals surface area contributed by atoms with E-state index in [4.69, 9.17) is 3.07 Å². The molecule has 0 bridgehead atoms. The van der Waals surface area contributed by atoms with Crippen LogP contribution in [0, 0.1) is 11.8 Å². The highest BCUT2D eigenvalue weighted by Crippen LogP contribution is 2.32. The van der Waals surface area contributed by atoms with E-state index in [0.29, 0.717) is 5.69 Å². The normalized spacial score (nSPS) is 10.3. The molecule has 0 unspecified atom stereocenters. The van der Waals surface area contributed by atoms with E-state index in [9.17, 15) is 4.91 Å². The summed E-state index contributed by atoms with van der Waals surface area (Å²) in [5.74, 6) is 0.780. The number of halogens is 1. The van der Waals surface area contributed by atoms with Gasteiger partial charge in [-0.25, -0.2) is 0 Å². The molecule has 0 aliphatic heterocycles. The Morgan fingerprint density at radius 3 is 2.73 bits per heavy atom. The zero-order chi connectivity index (χ0) is 10.8. The van der Waals surface area contributed by atoms with E-state index in [0.717, 1.165) is 22.1 Å². The molecule has 0 aliphatic carbocycles. The van der Waals surface area contributed by atoms with E-state index in [1.807, 2.05) is 59.4 Å². The van der Waals surface area contributed by atoms with Crippen molar-refractivity contribution >= 4 is 39.5 Å². The monoisotopic (exact) mass is 314 g/mol. The van der Waals surface area contributed by atoms with Crippen molar-refractivity contribution in [1.82, 2.24) is 0 Å². The van der Waals surface area contributed by atoms with Crippen LogP contribution in [0.1, 0.15) is 5.56 Å². The minimum atomic E-state index is 0.575. The lowest BCUT2D eigenvalue weighted by Gasteiger charge is -2.05. The summed E-state index contributed by atoms with van der Waals surface area (Å²) in [6.07, 6.45) is 0. The van der Waals surface area contributed by atoms with Crippen LogP contribution in [-0.4, -0.2) is 0 Å². The number of rotatable bonds is 2. The van der Waals surface area contributed by atoms with Gasteiger partial charge < -0.3 is 3.07 Å². The highest BCUT2D eigenvalue weighted by Gasteiger charge is 2.12. The smallest absolute Gasteiger partial charge is 0.261 e. The van der Waals surface area contributed by atoms with Crippen LogP contribution in [-0.2, 0) is 0 Å². The maximum absolute atomic E-state index is 10.8. The third kappa shape index (κ3) is 1.69. The number of hydrogen-bond donors (Lipinski definition) is 1. The van der Waals surface area contributed by atoms with Crippen LogP contribution in [0.2, 0.25) is 0 Å². The van der Waals surface area contributed by atoms with Crippen LogP contribution in [0.5, 0.6) is 5.75 Å². The van der Waals surface area contributed by atoms with Crippen molar-refractivity contribution in [2.75, 3.05) is 0 Å². The highest BCUT2D eigenvalue weighted by atomic mass is 127. The molecule has 2 rings (SSSR count). The van der Waals surface area contributed by atoms with E-state index in [2.05, 4.69) is 0 Å². The first-order valence-electron chi connectivity index (χ1n) is 4.47. The van der Waals surface area contributed by atoms with Gasteiger partial charge >= 0.3 is 0 Å². The Morgan fingerprint density at radius 2 is 2.07 bits per heavy atom. The number of nitrogens with one attached hydrogen (secondary N) is 1. The van der Waals surface area contributed by atoms with Crippen molar-refractivity contribution in [2.24, 2.45) is 0 Å². The Bertz CT molecular complexity index is 525. The van der Waals surface area contributed by atoms with Gasteiger partial charge in [0.15, 0.2) is 23.0 Å². The molecule has 76 valence electrons. The molecule has 0 aromatic heterocycles. The Balaban J connectivity index is 2.92. The van der Waals surface area contributed by atoms with Gasteiger partial charge in [-0.15, -0.1) is 0 Å². The van der Waals surface area contributed by atoms with E-state index in [-0.39, 0.29) is 0 Å². The van der Waals surface area contributed by atoms with Crippen LogP contribution in [0.25, 0.3) is 10.8 Å². The number of benzene rings is 2. The van der Waals surface area contributed by atoms with E-state index in [1.54, 1.807) is 6.07 Å². The maximum Gasteiger partial charge on any atom is 0.261 e. The van der Waals surface area contributed by atoms with Gasteiger partial charge in [-0.1, -0.05) is 12.1 Å². The van der Waals surface area contributed by atoms with Crippen molar-refractivity contribution in [3.63, 3.8) is 0 Å². The lowest BCUT2D eigenvalue weighted by atomic mass is 10.0. The zero-order valence-corrected chi connectivity index (χ0v) is 10.2. The van der Waals surface area contributed by atoms with Gasteiger partial charge in [0.1, 0.15) is 5.75 Å². The molecule has 0 radical (unpaired) electrons. The molecule has 4 heteroatoms. The molecule has 3 nitrogen and oxygen atoms in total. The number of fused-ring (bicyclic) bond motifs is 1. The summed E-state index contributed by atoms with van der Waals surface area (Å²) in [6, 6.07) is 9.35. The molecule has 0 spiro atoms. The summed E-state index contributed by atoms with van der Waals surface area (Å²) in [4.78, 5) is 10.8. The van der Waals surface area contributed by atoms with Gasteiger partial charge in [-0.2, -0.15) is 0 Å². The zero-order valence-electron chi connectivity index (χ0n) is 8.08. The van der Waals surface area contributed by atoms with Crippen LogP contribution < -0.4 is 8.24 Å². The summed E-state index contributed by atoms with van der Waals surface area (Å²) >= 11 is 1.84. The topological polar surface area (TPSA) is 40.3 Å². The van der Waals surface area contributed by atoms with Gasteiger partial charge in [-0.05, 0) is 24.6 Å². The standard InChI is InChI=1S/C11H8INO2/c1-7-5-6-9(13-14)8-3-2-4-10(15-12)11(7)8/h2-6H,1H3/p+1. The molecule has 0 amide bonds. The average molecular weight is 314 g/mol. The fraction of sp³-hybridized carbons (Fsp3) is 0.0909. The summed E-state index contributed by atoms with van der Waals surface area (Å²) in [5, 5.41) is 3.81. The highest BCUT2D eigenvalue weighted by molar-refractivity contribution is 14.1. The van der Waals surface area contributed by atoms with Crippen molar-refractivity contribution in [2.45, 2.75) is 6.92 Å². The summed E-state index contributed by atoms with van der Waals surface area (Å²) in [7, 11) is 0. The van der Waals surface area contributed by atoms with Gasteiger partial charge in [-0.3, -0.25) is 0 Å². The summed E-state index contributed by atoms with van der Waals surface area (Å²) in [6.45, 7) is 2.00. The predicted molar refractivity (Wildman–Crippen MR) is 67.3 cm³/mol. The third-order valence-corrected chi connectivity index (χ3v) is 2.88. The molecule has 2 aromatic rings. The van der Waals surface area contributed by atoms with Gasteiger partial charge in [0.05, 0.1) is 5.39 Å². The van der Waals surface area contributed by atoms with E-state index < -0.39 is 0 Å². The van der Waals surface area contributed by atoms with Crippen LogP contribution in [0.4, 0.5) is 5.69 Å². The lowest BCUT2D eigenvalue weighted by molar-refractivity contribution is -0.377. The molecular weight excluding hydrogens is 305 g/mol. The molecule has 0 aliphatic rings. The molecular formula is C11H9INO2+. The molecule has 0 atom stereocenters. The second-order valence-corrected chi connectivity index (χ2v) is 3.73. The van der Waals surface area contributed by atoms with Gasteiger partial charge in [0.25, 0.3) is 5.69 Å². The van der Waals surface area contributed by atoms with Crippen LogP contribution >= 0.6 is 23.0 Å². The van der Waals surface area contributed by atoms with Crippen molar-refractivity contribution in [3.05, 3.63) is 40.8 Å².